The number of benzene rings is 2. The number of amides is 1. The van der Waals surface area contributed by atoms with E-state index in [1.54, 1.807) is 31.4 Å². The Labute approximate surface area is 192 Å². The average Bonchev–Trinajstić information content (AvgIpc) is 3.20. The summed E-state index contributed by atoms with van der Waals surface area (Å²) in [4.78, 5) is 27.0. The van der Waals surface area contributed by atoms with Crippen LogP contribution in [0.25, 0.3) is 0 Å². The molecule has 1 aliphatic carbocycles. The van der Waals surface area contributed by atoms with E-state index in [1.165, 1.54) is 16.9 Å². The van der Waals surface area contributed by atoms with Crippen molar-refractivity contribution in [3.05, 3.63) is 81.7 Å². The molecule has 1 N–H and O–H groups in total. The second-order valence-corrected chi connectivity index (χ2v) is 8.98. The van der Waals surface area contributed by atoms with Gasteiger partial charge in [-0.2, -0.15) is 0 Å². The van der Waals surface area contributed by atoms with Crippen molar-refractivity contribution in [3.8, 4) is 5.75 Å². The van der Waals surface area contributed by atoms with Gasteiger partial charge in [-0.05, 0) is 67.0 Å². The van der Waals surface area contributed by atoms with Crippen molar-refractivity contribution < 1.29 is 19.1 Å². The van der Waals surface area contributed by atoms with Crippen LogP contribution >= 0.6 is 11.3 Å². The van der Waals surface area contributed by atoms with Crippen LogP contribution in [0.2, 0.25) is 0 Å². The minimum absolute atomic E-state index is 0.254. The fourth-order valence-electron chi connectivity index (χ4n) is 4.08. The zero-order chi connectivity index (χ0) is 22.5. The summed E-state index contributed by atoms with van der Waals surface area (Å²) >= 11 is 1.50. The van der Waals surface area contributed by atoms with Crippen LogP contribution in [0.5, 0.6) is 5.75 Å². The normalized spacial score (nSPS) is 15.0. The molecule has 5 nitrogen and oxygen atoms in total. The minimum atomic E-state index is -0.354. The van der Waals surface area contributed by atoms with Gasteiger partial charge in [0.1, 0.15) is 10.8 Å². The molecule has 2 aromatic carbocycles. The lowest BCUT2D eigenvalue weighted by molar-refractivity contribution is 0.0505. The van der Waals surface area contributed by atoms with Gasteiger partial charge in [-0.25, -0.2) is 4.79 Å². The second-order valence-electron chi connectivity index (χ2n) is 7.88. The van der Waals surface area contributed by atoms with E-state index in [0.717, 1.165) is 36.1 Å². The molecule has 0 saturated carbocycles. The molecule has 4 rings (SSSR count). The van der Waals surface area contributed by atoms with Gasteiger partial charge in [-0.15, -0.1) is 11.3 Å². The standard InChI is InChI=1S/C26H27NO4S/c1-3-15-31-26(29)23-21-14-11-19(17-7-5-4-6-8-17)16-22(21)32-25(23)27-24(28)18-9-12-20(30-2)13-10-18/h4-10,12-13,19H,3,11,14-16H2,1-2H3,(H,27,28)/t19-/m0/s1. The number of hydrogen-bond acceptors (Lipinski definition) is 5. The number of nitrogens with one attached hydrogen (secondary N) is 1. The average molecular weight is 450 g/mol. The minimum Gasteiger partial charge on any atom is -0.497 e. The first-order chi connectivity index (χ1) is 15.6. The van der Waals surface area contributed by atoms with Crippen molar-refractivity contribution in [2.24, 2.45) is 0 Å². The fraction of sp³-hybridized carbons (Fsp3) is 0.308. The number of methoxy groups -OCH3 is 1. The number of ether oxygens (including phenoxy) is 2. The molecular weight excluding hydrogens is 422 g/mol. The summed E-state index contributed by atoms with van der Waals surface area (Å²) in [6, 6.07) is 17.4. The van der Waals surface area contributed by atoms with Crippen LogP contribution < -0.4 is 10.1 Å². The highest BCUT2D eigenvalue weighted by molar-refractivity contribution is 7.17. The van der Waals surface area contributed by atoms with Crippen LogP contribution in [0, 0.1) is 0 Å². The maximum absolute atomic E-state index is 12.9. The highest BCUT2D eigenvalue weighted by Gasteiger charge is 2.31. The predicted octanol–water partition coefficient (Wildman–Crippen LogP) is 5.85. The molecule has 0 fully saturated rings. The van der Waals surface area contributed by atoms with Gasteiger partial charge in [0, 0.05) is 10.4 Å². The van der Waals surface area contributed by atoms with Gasteiger partial charge >= 0.3 is 5.97 Å². The van der Waals surface area contributed by atoms with E-state index < -0.39 is 0 Å². The number of thiophene rings is 1. The van der Waals surface area contributed by atoms with Gasteiger partial charge in [-0.3, -0.25) is 4.79 Å². The Kier molecular flexibility index (Phi) is 6.90. The van der Waals surface area contributed by atoms with E-state index in [2.05, 4.69) is 29.6 Å². The lowest BCUT2D eigenvalue weighted by atomic mass is 9.83. The van der Waals surface area contributed by atoms with E-state index in [0.29, 0.717) is 34.4 Å². The van der Waals surface area contributed by atoms with Gasteiger partial charge < -0.3 is 14.8 Å². The highest BCUT2D eigenvalue weighted by Crippen LogP contribution is 2.43. The lowest BCUT2D eigenvalue weighted by Gasteiger charge is -2.23. The molecule has 0 aliphatic heterocycles. The maximum Gasteiger partial charge on any atom is 0.341 e. The summed E-state index contributed by atoms with van der Waals surface area (Å²) in [6.45, 7) is 2.33. The van der Waals surface area contributed by atoms with Gasteiger partial charge in [0.2, 0.25) is 0 Å². The number of hydrogen-bond donors (Lipinski definition) is 1. The first-order valence-electron chi connectivity index (χ1n) is 10.9. The molecule has 1 heterocycles. The number of fused-ring (bicyclic) bond motifs is 1. The number of carbonyl (C=O) groups is 2. The zero-order valence-corrected chi connectivity index (χ0v) is 19.2. The molecular formula is C26H27NO4S. The number of anilines is 1. The van der Waals surface area contributed by atoms with E-state index in [-0.39, 0.29) is 11.9 Å². The van der Waals surface area contributed by atoms with E-state index in [9.17, 15) is 9.59 Å². The molecule has 6 heteroatoms. The first-order valence-corrected chi connectivity index (χ1v) is 11.7. The second kappa shape index (κ2) is 10.0. The zero-order valence-electron chi connectivity index (χ0n) is 18.4. The van der Waals surface area contributed by atoms with Gasteiger partial charge in [0.25, 0.3) is 5.91 Å². The molecule has 0 saturated heterocycles. The quantitative estimate of drug-likeness (QED) is 0.460. The Morgan fingerprint density at radius 3 is 2.53 bits per heavy atom. The SMILES string of the molecule is CCCOC(=O)c1c(NC(=O)c2ccc(OC)cc2)sc2c1CC[C@H](c1ccccc1)C2. The largest absolute Gasteiger partial charge is 0.497 e. The third-order valence-corrected chi connectivity index (χ3v) is 6.93. The summed E-state index contributed by atoms with van der Waals surface area (Å²) in [6.07, 6.45) is 3.37. The monoisotopic (exact) mass is 449 g/mol. The van der Waals surface area contributed by atoms with Crippen molar-refractivity contribution in [3.63, 3.8) is 0 Å². The van der Waals surface area contributed by atoms with Crippen LogP contribution in [0.15, 0.2) is 54.6 Å². The number of rotatable bonds is 7. The van der Waals surface area contributed by atoms with Crippen LogP contribution in [0.1, 0.15) is 62.4 Å². The molecule has 1 amide bonds. The van der Waals surface area contributed by atoms with E-state index in [4.69, 9.17) is 9.47 Å². The molecule has 0 unspecified atom stereocenters. The maximum atomic E-state index is 12.9. The van der Waals surface area contributed by atoms with Crippen LogP contribution in [0.3, 0.4) is 0 Å². The van der Waals surface area contributed by atoms with Crippen molar-refractivity contribution in [2.45, 2.75) is 38.5 Å². The van der Waals surface area contributed by atoms with Crippen LogP contribution in [-0.2, 0) is 17.6 Å². The molecule has 1 aromatic heterocycles. The summed E-state index contributed by atoms with van der Waals surface area (Å²) < 4.78 is 10.6. The van der Waals surface area contributed by atoms with Gasteiger partial charge in [-0.1, -0.05) is 37.3 Å². The summed E-state index contributed by atoms with van der Waals surface area (Å²) in [5.41, 5.74) is 3.36. The highest BCUT2D eigenvalue weighted by atomic mass is 32.1. The molecule has 166 valence electrons. The third-order valence-electron chi connectivity index (χ3n) is 5.76. The molecule has 1 aliphatic rings. The molecule has 0 bridgehead atoms. The smallest absolute Gasteiger partial charge is 0.341 e. The van der Waals surface area contributed by atoms with E-state index >= 15 is 0 Å². The summed E-state index contributed by atoms with van der Waals surface area (Å²) in [7, 11) is 1.59. The molecule has 3 aromatic rings. The van der Waals surface area contributed by atoms with Crippen molar-refractivity contribution in [1.29, 1.82) is 0 Å². The van der Waals surface area contributed by atoms with Crippen molar-refractivity contribution >= 4 is 28.2 Å². The van der Waals surface area contributed by atoms with E-state index in [1.807, 2.05) is 13.0 Å². The molecule has 0 spiro atoms. The number of esters is 1. The Morgan fingerprint density at radius 1 is 1.09 bits per heavy atom. The van der Waals surface area contributed by atoms with Gasteiger partial charge in [0.05, 0.1) is 19.3 Å². The lowest BCUT2D eigenvalue weighted by Crippen LogP contribution is -2.17. The van der Waals surface area contributed by atoms with Crippen molar-refractivity contribution in [2.75, 3.05) is 19.0 Å². The van der Waals surface area contributed by atoms with Crippen molar-refractivity contribution in [1.82, 2.24) is 0 Å². The number of carbonyl (C=O) groups excluding carboxylic acids is 2. The summed E-state index contributed by atoms with van der Waals surface area (Å²) in [5.74, 6) is 0.485. The fourth-order valence-corrected chi connectivity index (χ4v) is 5.39. The topological polar surface area (TPSA) is 64.6 Å². The molecule has 32 heavy (non-hydrogen) atoms. The predicted molar refractivity (Wildman–Crippen MR) is 127 cm³/mol. The molecule has 1 atom stereocenters. The molecule has 0 radical (unpaired) electrons. The van der Waals surface area contributed by atoms with Crippen LogP contribution in [0.4, 0.5) is 5.00 Å². The first kappa shape index (κ1) is 22.1. The third kappa shape index (κ3) is 4.70. The van der Waals surface area contributed by atoms with Crippen LogP contribution in [-0.4, -0.2) is 25.6 Å². The Bertz CT molecular complexity index is 1090. The summed E-state index contributed by atoms with van der Waals surface area (Å²) in [5, 5.41) is 3.55. The van der Waals surface area contributed by atoms with Gasteiger partial charge in [0.15, 0.2) is 0 Å². The Balaban J connectivity index is 1.62. The Morgan fingerprint density at radius 2 is 1.84 bits per heavy atom. The Hall–Kier alpha value is -3.12.